The quantitative estimate of drug-likeness (QED) is 0.250. The highest BCUT2D eigenvalue weighted by Gasteiger charge is 2.34. The Labute approximate surface area is 257 Å². The van der Waals surface area contributed by atoms with Crippen molar-refractivity contribution in [2.75, 3.05) is 20.8 Å². The molecule has 0 saturated carbocycles. The van der Waals surface area contributed by atoms with Crippen molar-refractivity contribution in [3.8, 4) is 22.8 Å². The van der Waals surface area contributed by atoms with Gasteiger partial charge in [0.15, 0.2) is 16.3 Å². The maximum atomic E-state index is 14.0. The summed E-state index contributed by atoms with van der Waals surface area (Å²) >= 11 is 1.19. The fourth-order valence-electron chi connectivity index (χ4n) is 4.94. The van der Waals surface area contributed by atoms with E-state index in [0.29, 0.717) is 54.7 Å². The Balaban J connectivity index is 1.61. The van der Waals surface area contributed by atoms with Gasteiger partial charge in [-0.15, -0.1) is 0 Å². The summed E-state index contributed by atoms with van der Waals surface area (Å²) in [6.07, 6.45) is 1.56. The predicted molar refractivity (Wildman–Crippen MR) is 165 cm³/mol. The van der Waals surface area contributed by atoms with Gasteiger partial charge >= 0.3 is 11.9 Å². The largest absolute Gasteiger partial charge is 0.493 e. The molecule has 228 valence electrons. The predicted octanol–water partition coefficient (Wildman–Crippen LogP) is 4.64. The number of esters is 2. The van der Waals surface area contributed by atoms with Crippen LogP contribution in [0.5, 0.6) is 11.5 Å². The van der Waals surface area contributed by atoms with Crippen LogP contribution in [0.3, 0.4) is 0 Å². The van der Waals surface area contributed by atoms with Crippen molar-refractivity contribution in [1.29, 1.82) is 0 Å². The smallest absolute Gasteiger partial charge is 0.338 e. The lowest BCUT2D eigenvalue weighted by atomic mass is 9.95. The van der Waals surface area contributed by atoms with Crippen LogP contribution in [0.25, 0.3) is 17.4 Å². The Bertz CT molecular complexity index is 1950. The molecular formula is C33H32N2O8S. The van der Waals surface area contributed by atoms with Gasteiger partial charge in [-0.2, -0.15) is 0 Å². The third-order valence-electron chi connectivity index (χ3n) is 6.85. The van der Waals surface area contributed by atoms with Crippen molar-refractivity contribution in [3.05, 3.63) is 102 Å². The SMILES string of the molecule is CCOC(=O)C1=C(C)N=c2s/c(=C/c3ccc(-c4cccc(C(=O)OC)c4)o3)c(=O)n2[C@H]1c1ccc(OC(C)C)c(OC)c1. The molecule has 0 spiro atoms. The highest BCUT2D eigenvalue weighted by Crippen LogP contribution is 2.36. The third-order valence-corrected chi connectivity index (χ3v) is 7.83. The van der Waals surface area contributed by atoms with Gasteiger partial charge < -0.3 is 23.4 Å². The number of ether oxygens (including phenoxy) is 4. The Morgan fingerprint density at radius 2 is 1.86 bits per heavy atom. The molecule has 44 heavy (non-hydrogen) atoms. The number of carbonyl (C=O) groups excluding carboxylic acids is 2. The molecular weight excluding hydrogens is 584 g/mol. The molecule has 2 aromatic heterocycles. The van der Waals surface area contributed by atoms with Gasteiger partial charge in [0.25, 0.3) is 5.56 Å². The van der Waals surface area contributed by atoms with Crippen LogP contribution in [-0.4, -0.2) is 43.4 Å². The summed E-state index contributed by atoms with van der Waals surface area (Å²) in [5.74, 6) is 0.955. The van der Waals surface area contributed by atoms with Crippen LogP contribution in [-0.2, 0) is 14.3 Å². The van der Waals surface area contributed by atoms with E-state index in [-0.39, 0.29) is 23.8 Å². The first-order chi connectivity index (χ1) is 21.1. The molecule has 11 heteroatoms. The van der Waals surface area contributed by atoms with Crippen molar-refractivity contribution in [2.45, 2.75) is 39.8 Å². The highest BCUT2D eigenvalue weighted by molar-refractivity contribution is 7.07. The summed E-state index contributed by atoms with van der Waals surface area (Å²) in [6, 6.07) is 14.9. The Morgan fingerprint density at radius 1 is 1.07 bits per heavy atom. The van der Waals surface area contributed by atoms with E-state index in [1.807, 2.05) is 19.9 Å². The number of fused-ring (bicyclic) bond motifs is 1. The zero-order valence-electron chi connectivity index (χ0n) is 25.2. The van der Waals surface area contributed by atoms with Gasteiger partial charge in [0, 0.05) is 11.6 Å². The molecule has 0 N–H and O–H groups in total. The summed E-state index contributed by atoms with van der Waals surface area (Å²) in [5.41, 5.74) is 2.07. The Kier molecular flexibility index (Phi) is 8.86. The van der Waals surface area contributed by atoms with Gasteiger partial charge in [-0.1, -0.05) is 29.5 Å². The first kappa shape index (κ1) is 30.6. The second kappa shape index (κ2) is 12.8. The number of thiazole rings is 1. The van der Waals surface area contributed by atoms with E-state index in [0.717, 1.165) is 0 Å². The van der Waals surface area contributed by atoms with Crippen LogP contribution in [0.1, 0.15) is 55.4 Å². The zero-order chi connectivity index (χ0) is 31.5. The molecule has 0 radical (unpaired) electrons. The molecule has 0 aliphatic carbocycles. The van der Waals surface area contributed by atoms with Crippen LogP contribution < -0.4 is 24.4 Å². The summed E-state index contributed by atoms with van der Waals surface area (Å²) in [6.45, 7) is 7.45. The minimum atomic E-state index is -0.817. The minimum Gasteiger partial charge on any atom is -0.493 e. The zero-order valence-corrected chi connectivity index (χ0v) is 26.0. The molecule has 3 heterocycles. The average Bonchev–Trinajstić information content (AvgIpc) is 3.60. The van der Waals surface area contributed by atoms with Gasteiger partial charge in [-0.3, -0.25) is 9.36 Å². The van der Waals surface area contributed by atoms with E-state index >= 15 is 0 Å². The first-order valence-corrected chi connectivity index (χ1v) is 14.8. The fraction of sp³-hybridized carbons (Fsp3) is 0.273. The van der Waals surface area contributed by atoms with Crippen LogP contribution in [0.4, 0.5) is 0 Å². The molecule has 2 aromatic carbocycles. The summed E-state index contributed by atoms with van der Waals surface area (Å²) in [5, 5.41) is 0. The highest BCUT2D eigenvalue weighted by atomic mass is 32.1. The molecule has 0 fully saturated rings. The first-order valence-electron chi connectivity index (χ1n) is 14.0. The van der Waals surface area contributed by atoms with Crippen molar-refractivity contribution in [3.63, 3.8) is 0 Å². The van der Waals surface area contributed by atoms with Gasteiger partial charge in [0.05, 0.1) is 54.3 Å². The Morgan fingerprint density at radius 3 is 2.57 bits per heavy atom. The summed E-state index contributed by atoms with van der Waals surface area (Å²) in [4.78, 5) is 44.3. The molecule has 1 aliphatic rings. The number of hydrogen-bond donors (Lipinski definition) is 0. The fourth-order valence-corrected chi connectivity index (χ4v) is 5.97. The van der Waals surface area contributed by atoms with Gasteiger partial charge in [0.2, 0.25) is 0 Å². The van der Waals surface area contributed by atoms with Crippen molar-refractivity contribution in [2.24, 2.45) is 4.99 Å². The molecule has 1 aliphatic heterocycles. The summed E-state index contributed by atoms with van der Waals surface area (Å²) in [7, 11) is 2.86. The molecule has 0 saturated heterocycles. The monoisotopic (exact) mass is 616 g/mol. The van der Waals surface area contributed by atoms with Crippen LogP contribution in [0.2, 0.25) is 0 Å². The molecule has 5 rings (SSSR count). The molecule has 0 bridgehead atoms. The summed E-state index contributed by atoms with van der Waals surface area (Å²) < 4.78 is 29.6. The number of allylic oxidation sites excluding steroid dienone is 1. The molecule has 0 amide bonds. The number of rotatable bonds is 9. The number of furan rings is 1. The number of methoxy groups -OCH3 is 2. The lowest BCUT2D eigenvalue weighted by Crippen LogP contribution is -2.40. The van der Waals surface area contributed by atoms with Crippen molar-refractivity contribution < 1.29 is 33.0 Å². The van der Waals surface area contributed by atoms with E-state index in [1.165, 1.54) is 30.1 Å². The average molecular weight is 617 g/mol. The number of benzene rings is 2. The normalized spacial score (nSPS) is 14.7. The second-order valence-corrected chi connectivity index (χ2v) is 11.2. The molecule has 4 aromatic rings. The van der Waals surface area contributed by atoms with Gasteiger partial charge in [-0.25, -0.2) is 14.6 Å². The number of aromatic nitrogens is 1. The van der Waals surface area contributed by atoms with Crippen LogP contribution in [0, 0.1) is 0 Å². The second-order valence-electron chi connectivity index (χ2n) is 10.2. The van der Waals surface area contributed by atoms with Gasteiger partial charge in [-0.05, 0) is 69.7 Å². The van der Waals surface area contributed by atoms with Crippen molar-refractivity contribution >= 4 is 29.4 Å². The number of hydrogen-bond acceptors (Lipinski definition) is 10. The molecule has 10 nitrogen and oxygen atoms in total. The maximum Gasteiger partial charge on any atom is 0.338 e. The van der Waals surface area contributed by atoms with E-state index in [1.54, 1.807) is 68.5 Å². The van der Waals surface area contributed by atoms with E-state index < -0.39 is 18.0 Å². The molecule has 0 unspecified atom stereocenters. The van der Waals surface area contributed by atoms with E-state index in [4.69, 9.17) is 23.4 Å². The van der Waals surface area contributed by atoms with Crippen molar-refractivity contribution in [1.82, 2.24) is 4.57 Å². The van der Waals surface area contributed by atoms with Gasteiger partial charge in [0.1, 0.15) is 11.5 Å². The molecule has 1 atom stereocenters. The topological polar surface area (TPSA) is 119 Å². The van der Waals surface area contributed by atoms with E-state index in [2.05, 4.69) is 4.99 Å². The minimum absolute atomic E-state index is 0.0800. The van der Waals surface area contributed by atoms with E-state index in [9.17, 15) is 14.4 Å². The number of nitrogens with zero attached hydrogens (tertiary/aromatic N) is 2. The standard InChI is InChI=1S/C33H32N2O8S/c1-7-41-32(38)28-19(4)34-33-35(29(28)21-11-13-25(42-18(2)3)26(16-21)39-5)30(36)27(44-33)17-23-12-14-24(43-23)20-9-8-10-22(15-20)31(37)40-6/h8-18,29H,7H2,1-6H3/b27-17+/t29-/m0/s1. The lowest BCUT2D eigenvalue weighted by Gasteiger charge is -2.25. The lowest BCUT2D eigenvalue weighted by molar-refractivity contribution is -0.139. The maximum absolute atomic E-state index is 14.0. The Hall–Kier alpha value is -4.90. The van der Waals surface area contributed by atoms with Crippen LogP contribution >= 0.6 is 11.3 Å². The number of carbonyl (C=O) groups is 2. The third kappa shape index (κ3) is 5.96. The van der Waals surface area contributed by atoms with Crippen LogP contribution in [0.15, 0.2) is 80.1 Å².